The van der Waals surface area contributed by atoms with Crippen molar-refractivity contribution < 1.29 is 14.2 Å². The van der Waals surface area contributed by atoms with Gasteiger partial charge in [0.15, 0.2) is 6.29 Å². The second-order valence-electron chi connectivity index (χ2n) is 5.37. The summed E-state index contributed by atoms with van der Waals surface area (Å²) in [6.07, 6.45) is 1.69. The van der Waals surface area contributed by atoms with E-state index in [0.29, 0.717) is 13.2 Å². The third kappa shape index (κ3) is 1.80. The van der Waals surface area contributed by atoms with Crippen molar-refractivity contribution in [1.82, 2.24) is 0 Å². The van der Waals surface area contributed by atoms with Crippen molar-refractivity contribution in [3.05, 3.63) is 41.5 Å². The number of hydrogen-bond acceptors (Lipinski definition) is 3. The summed E-state index contributed by atoms with van der Waals surface area (Å²) >= 11 is 0. The Kier molecular flexibility index (Phi) is 3.11. The van der Waals surface area contributed by atoms with E-state index in [1.165, 1.54) is 16.7 Å². The van der Waals surface area contributed by atoms with Gasteiger partial charge < -0.3 is 14.2 Å². The first kappa shape index (κ1) is 12.7. The summed E-state index contributed by atoms with van der Waals surface area (Å²) in [5.41, 5.74) is 3.40. The van der Waals surface area contributed by atoms with Crippen molar-refractivity contribution in [3.63, 3.8) is 0 Å². The molecule has 1 saturated heterocycles. The largest absolute Gasteiger partial charge is 0.496 e. The van der Waals surface area contributed by atoms with E-state index < -0.39 is 0 Å². The molecular weight excluding hydrogens is 240 g/mol. The standard InChI is InChI=1S/C16H20O3/c1-11-7-8-12-13(5-4-6-14(12)17-3)16(11,2)15-18-9-10-19-15/h4-6,15H,1,7-10H2,2-3H3. The van der Waals surface area contributed by atoms with Crippen molar-refractivity contribution in [2.24, 2.45) is 0 Å². The fourth-order valence-electron chi connectivity index (χ4n) is 3.21. The minimum Gasteiger partial charge on any atom is -0.496 e. The highest BCUT2D eigenvalue weighted by Gasteiger charge is 2.45. The molecule has 3 nitrogen and oxygen atoms in total. The molecule has 0 spiro atoms. The van der Waals surface area contributed by atoms with Gasteiger partial charge in [0.25, 0.3) is 0 Å². The van der Waals surface area contributed by atoms with Crippen LogP contribution in [-0.4, -0.2) is 26.6 Å². The summed E-state index contributed by atoms with van der Waals surface area (Å²) < 4.78 is 17.0. The molecular formula is C16H20O3. The molecule has 1 aromatic carbocycles. The summed E-state index contributed by atoms with van der Waals surface area (Å²) in [4.78, 5) is 0. The van der Waals surface area contributed by atoms with Crippen LogP contribution in [0.1, 0.15) is 24.5 Å². The Morgan fingerprint density at radius 2 is 2.00 bits per heavy atom. The van der Waals surface area contributed by atoms with Gasteiger partial charge in [-0.15, -0.1) is 0 Å². The van der Waals surface area contributed by atoms with E-state index in [1.54, 1.807) is 7.11 Å². The van der Waals surface area contributed by atoms with Gasteiger partial charge in [0.2, 0.25) is 0 Å². The highest BCUT2D eigenvalue weighted by Crippen LogP contribution is 2.47. The number of benzene rings is 1. The predicted molar refractivity (Wildman–Crippen MR) is 73.5 cm³/mol. The van der Waals surface area contributed by atoms with Crippen LogP contribution in [0.25, 0.3) is 0 Å². The molecule has 1 unspecified atom stereocenters. The molecule has 0 radical (unpaired) electrons. The lowest BCUT2D eigenvalue weighted by Gasteiger charge is -2.41. The van der Waals surface area contributed by atoms with E-state index in [4.69, 9.17) is 14.2 Å². The first-order valence-electron chi connectivity index (χ1n) is 6.75. The molecule has 3 heteroatoms. The van der Waals surface area contributed by atoms with Gasteiger partial charge in [0.1, 0.15) is 5.75 Å². The molecule has 1 atom stereocenters. The van der Waals surface area contributed by atoms with E-state index in [9.17, 15) is 0 Å². The molecule has 1 aliphatic carbocycles. The van der Waals surface area contributed by atoms with Crippen LogP contribution in [-0.2, 0) is 21.3 Å². The smallest absolute Gasteiger partial charge is 0.170 e. The normalized spacial score (nSPS) is 27.4. The zero-order chi connectivity index (χ0) is 13.5. The Balaban J connectivity index is 2.13. The summed E-state index contributed by atoms with van der Waals surface area (Å²) in [5.74, 6) is 0.953. The van der Waals surface area contributed by atoms with E-state index in [1.807, 2.05) is 12.1 Å². The maximum atomic E-state index is 5.77. The van der Waals surface area contributed by atoms with E-state index in [2.05, 4.69) is 19.6 Å². The fraction of sp³-hybridized carbons (Fsp3) is 0.500. The number of fused-ring (bicyclic) bond motifs is 1. The summed E-state index contributed by atoms with van der Waals surface area (Å²) in [5, 5.41) is 0. The SMILES string of the molecule is C=C1CCc2c(OC)cccc2C1(C)C1OCCO1. The lowest BCUT2D eigenvalue weighted by molar-refractivity contribution is -0.0848. The van der Waals surface area contributed by atoms with E-state index in [-0.39, 0.29) is 11.7 Å². The summed E-state index contributed by atoms with van der Waals surface area (Å²) in [6.45, 7) is 7.75. The predicted octanol–water partition coefficient (Wildman–Crippen LogP) is 2.83. The first-order chi connectivity index (χ1) is 9.17. The van der Waals surface area contributed by atoms with Crippen LogP contribution in [0, 0.1) is 0 Å². The fourth-order valence-corrected chi connectivity index (χ4v) is 3.21. The molecule has 1 heterocycles. The minimum atomic E-state index is -0.279. The van der Waals surface area contributed by atoms with Gasteiger partial charge in [-0.1, -0.05) is 24.3 Å². The van der Waals surface area contributed by atoms with Gasteiger partial charge in [-0.05, 0) is 37.0 Å². The quantitative estimate of drug-likeness (QED) is 0.765. The van der Waals surface area contributed by atoms with Gasteiger partial charge in [-0.2, -0.15) is 0 Å². The topological polar surface area (TPSA) is 27.7 Å². The molecule has 1 aromatic rings. The molecule has 1 aliphatic heterocycles. The van der Waals surface area contributed by atoms with Crippen LogP contribution in [0.3, 0.4) is 0 Å². The van der Waals surface area contributed by atoms with Gasteiger partial charge >= 0.3 is 0 Å². The molecule has 0 bridgehead atoms. The third-order valence-corrected chi connectivity index (χ3v) is 4.42. The van der Waals surface area contributed by atoms with Gasteiger partial charge in [0.05, 0.1) is 25.7 Å². The molecule has 0 saturated carbocycles. The maximum Gasteiger partial charge on any atom is 0.170 e. The molecule has 0 N–H and O–H groups in total. The van der Waals surface area contributed by atoms with Crippen LogP contribution in [0.2, 0.25) is 0 Å². The van der Waals surface area contributed by atoms with Gasteiger partial charge in [0, 0.05) is 0 Å². The van der Waals surface area contributed by atoms with Crippen molar-refractivity contribution in [1.29, 1.82) is 0 Å². The molecule has 102 valence electrons. The lowest BCUT2D eigenvalue weighted by atomic mass is 9.67. The molecule has 0 amide bonds. The molecule has 1 fully saturated rings. The molecule has 0 aromatic heterocycles. The summed E-state index contributed by atoms with van der Waals surface area (Å²) in [7, 11) is 1.72. The zero-order valence-electron chi connectivity index (χ0n) is 11.6. The highest BCUT2D eigenvalue weighted by molar-refractivity contribution is 5.51. The van der Waals surface area contributed by atoms with Gasteiger partial charge in [-0.3, -0.25) is 0 Å². The van der Waals surface area contributed by atoms with E-state index in [0.717, 1.165) is 18.6 Å². The van der Waals surface area contributed by atoms with Crippen LogP contribution in [0.15, 0.2) is 30.4 Å². The van der Waals surface area contributed by atoms with Gasteiger partial charge in [-0.25, -0.2) is 0 Å². The van der Waals surface area contributed by atoms with Crippen LogP contribution in [0.4, 0.5) is 0 Å². The number of rotatable bonds is 2. The second kappa shape index (κ2) is 4.66. The molecule has 19 heavy (non-hydrogen) atoms. The Bertz CT molecular complexity index is 503. The van der Waals surface area contributed by atoms with Crippen LogP contribution in [0.5, 0.6) is 5.75 Å². The maximum absolute atomic E-state index is 5.77. The van der Waals surface area contributed by atoms with E-state index >= 15 is 0 Å². The van der Waals surface area contributed by atoms with Crippen molar-refractivity contribution in [2.75, 3.05) is 20.3 Å². The zero-order valence-corrected chi connectivity index (χ0v) is 11.6. The average Bonchev–Trinajstić information content (AvgIpc) is 2.97. The Morgan fingerprint density at radius 3 is 2.68 bits per heavy atom. The van der Waals surface area contributed by atoms with Crippen molar-refractivity contribution in [2.45, 2.75) is 31.5 Å². The van der Waals surface area contributed by atoms with Crippen LogP contribution >= 0.6 is 0 Å². The number of methoxy groups -OCH3 is 1. The number of hydrogen-bond donors (Lipinski definition) is 0. The number of ether oxygens (including phenoxy) is 3. The Morgan fingerprint density at radius 1 is 1.26 bits per heavy atom. The third-order valence-electron chi connectivity index (χ3n) is 4.42. The minimum absolute atomic E-state index is 0.230. The summed E-state index contributed by atoms with van der Waals surface area (Å²) in [6, 6.07) is 6.19. The van der Waals surface area contributed by atoms with Crippen molar-refractivity contribution in [3.8, 4) is 5.75 Å². The Hall–Kier alpha value is -1.32. The first-order valence-corrected chi connectivity index (χ1v) is 6.75. The van der Waals surface area contributed by atoms with Crippen LogP contribution < -0.4 is 4.74 Å². The molecule has 2 aliphatic rings. The second-order valence-corrected chi connectivity index (χ2v) is 5.37. The highest BCUT2D eigenvalue weighted by atomic mass is 16.7. The monoisotopic (exact) mass is 260 g/mol. The van der Waals surface area contributed by atoms with Crippen molar-refractivity contribution >= 4 is 0 Å². The lowest BCUT2D eigenvalue weighted by Crippen LogP contribution is -2.42. The molecule has 3 rings (SSSR count). The average molecular weight is 260 g/mol. The Labute approximate surface area is 114 Å².